The number of hydrogen-bond acceptors (Lipinski definition) is 3. The molecule has 25 heavy (non-hydrogen) atoms. The summed E-state index contributed by atoms with van der Waals surface area (Å²) >= 11 is 7.71. The largest absolute Gasteiger partial charge is 0.397 e. The number of thioether (sulfide) groups is 1. The molecule has 2 nitrogen and oxygen atoms in total. The summed E-state index contributed by atoms with van der Waals surface area (Å²) < 4.78 is 0. The lowest BCUT2D eigenvalue weighted by molar-refractivity contribution is 0.0982. The van der Waals surface area contributed by atoms with Gasteiger partial charge in [0.1, 0.15) is 0 Å². The molecule has 0 radical (unpaired) electrons. The van der Waals surface area contributed by atoms with Crippen molar-refractivity contribution in [3.8, 4) is 0 Å². The maximum absolute atomic E-state index is 12.7. The van der Waals surface area contributed by atoms with Crippen LogP contribution in [0.3, 0.4) is 0 Å². The molecule has 4 heteroatoms. The summed E-state index contributed by atoms with van der Waals surface area (Å²) in [6.07, 6.45) is 0.393. The average Bonchev–Trinajstić information content (AvgIpc) is 2.66. The van der Waals surface area contributed by atoms with Gasteiger partial charge >= 0.3 is 0 Å². The molecule has 3 rings (SSSR count). The molecule has 0 aromatic heterocycles. The van der Waals surface area contributed by atoms with Crippen molar-refractivity contribution in [1.82, 2.24) is 0 Å². The zero-order valence-electron chi connectivity index (χ0n) is 13.6. The van der Waals surface area contributed by atoms with Crippen molar-refractivity contribution in [2.75, 3.05) is 5.73 Å². The molecule has 0 aliphatic heterocycles. The number of Topliss-reactive ketones (excluding diaryl/α,β-unsaturated/α-hetero) is 1. The molecule has 0 amide bonds. The van der Waals surface area contributed by atoms with E-state index in [1.165, 1.54) is 0 Å². The molecule has 0 bridgehead atoms. The number of carbonyl (C=O) groups excluding carboxylic acids is 1. The Hall–Kier alpha value is -2.23. The summed E-state index contributed by atoms with van der Waals surface area (Å²) in [6.45, 7) is 0. The van der Waals surface area contributed by atoms with Crippen molar-refractivity contribution in [3.63, 3.8) is 0 Å². The van der Waals surface area contributed by atoms with Gasteiger partial charge in [-0.3, -0.25) is 4.79 Å². The van der Waals surface area contributed by atoms with E-state index in [1.54, 1.807) is 17.8 Å². The highest BCUT2D eigenvalue weighted by Gasteiger charge is 2.20. The van der Waals surface area contributed by atoms with Crippen LogP contribution < -0.4 is 5.73 Å². The van der Waals surface area contributed by atoms with E-state index in [2.05, 4.69) is 0 Å². The van der Waals surface area contributed by atoms with Crippen LogP contribution >= 0.6 is 23.4 Å². The summed E-state index contributed by atoms with van der Waals surface area (Å²) in [4.78, 5) is 13.6. The summed E-state index contributed by atoms with van der Waals surface area (Å²) in [5.74, 6) is 0.113. The minimum atomic E-state index is -0.0327. The van der Waals surface area contributed by atoms with Gasteiger partial charge in [0.05, 0.1) is 10.7 Å². The molecule has 0 aliphatic rings. The number of ketones is 1. The normalized spacial score (nSPS) is 11.9. The Morgan fingerprint density at radius 3 is 2.24 bits per heavy atom. The molecule has 0 fully saturated rings. The Morgan fingerprint density at radius 2 is 1.56 bits per heavy atom. The monoisotopic (exact) mass is 367 g/mol. The molecule has 0 saturated carbocycles. The van der Waals surface area contributed by atoms with Crippen molar-refractivity contribution in [3.05, 3.63) is 95.0 Å². The highest BCUT2D eigenvalue weighted by atomic mass is 35.5. The van der Waals surface area contributed by atoms with Crippen LogP contribution in [-0.2, 0) is 0 Å². The third-order valence-electron chi connectivity index (χ3n) is 3.92. The highest BCUT2D eigenvalue weighted by molar-refractivity contribution is 7.99. The second kappa shape index (κ2) is 8.24. The van der Waals surface area contributed by atoms with Crippen molar-refractivity contribution < 1.29 is 4.79 Å². The molecule has 1 unspecified atom stereocenters. The first kappa shape index (κ1) is 17.6. The first-order chi connectivity index (χ1) is 12.1. The minimum absolute atomic E-state index is 0.0327. The molecule has 126 valence electrons. The molecule has 0 spiro atoms. The third kappa shape index (κ3) is 4.44. The molecule has 0 heterocycles. The molecular formula is C21H18ClNOS. The Balaban J connectivity index is 1.88. The van der Waals surface area contributed by atoms with Gasteiger partial charge in [0.25, 0.3) is 0 Å². The number of nitrogen functional groups attached to an aromatic ring is 1. The van der Waals surface area contributed by atoms with Crippen molar-refractivity contribution in [2.24, 2.45) is 0 Å². The van der Waals surface area contributed by atoms with E-state index in [0.29, 0.717) is 17.1 Å². The topological polar surface area (TPSA) is 43.1 Å². The maximum atomic E-state index is 12.7. The fourth-order valence-corrected chi connectivity index (χ4v) is 4.04. The fraction of sp³-hybridized carbons (Fsp3) is 0.0952. The lowest BCUT2D eigenvalue weighted by Crippen LogP contribution is -2.06. The zero-order valence-corrected chi connectivity index (χ0v) is 15.1. The van der Waals surface area contributed by atoms with Crippen LogP contribution in [0.25, 0.3) is 0 Å². The SMILES string of the molecule is Nc1c(Cl)cccc1SC(CC(=O)c1ccccc1)c1ccccc1. The van der Waals surface area contributed by atoms with Gasteiger partial charge in [-0.05, 0) is 17.7 Å². The smallest absolute Gasteiger partial charge is 0.164 e. The van der Waals surface area contributed by atoms with Gasteiger partial charge in [-0.15, -0.1) is 11.8 Å². The Labute approximate surface area is 157 Å². The average molecular weight is 368 g/mol. The first-order valence-corrected chi connectivity index (χ1v) is 9.25. The van der Waals surface area contributed by atoms with Crippen LogP contribution in [0.15, 0.2) is 83.8 Å². The number of rotatable bonds is 6. The van der Waals surface area contributed by atoms with E-state index in [4.69, 9.17) is 17.3 Å². The predicted molar refractivity (Wildman–Crippen MR) is 106 cm³/mol. The standard InChI is InChI=1S/C21H18ClNOS/c22-17-12-7-13-19(21(17)23)25-20(16-10-5-2-6-11-16)14-18(24)15-8-3-1-4-9-15/h1-13,20H,14,23H2. The number of carbonyl (C=O) groups is 1. The lowest BCUT2D eigenvalue weighted by atomic mass is 10.0. The van der Waals surface area contributed by atoms with Crippen LogP contribution in [0.5, 0.6) is 0 Å². The van der Waals surface area contributed by atoms with Gasteiger partial charge in [0.15, 0.2) is 5.78 Å². The van der Waals surface area contributed by atoms with Crippen molar-refractivity contribution in [2.45, 2.75) is 16.6 Å². The van der Waals surface area contributed by atoms with Crippen LogP contribution in [0.1, 0.15) is 27.6 Å². The lowest BCUT2D eigenvalue weighted by Gasteiger charge is -2.18. The summed E-state index contributed by atoms with van der Waals surface area (Å²) in [7, 11) is 0. The fourth-order valence-electron chi connectivity index (χ4n) is 2.58. The minimum Gasteiger partial charge on any atom is -0.397 e. The van der Waals surface area contributed by atoms with Crippen LogP contribution in [0.4, 0.5) is 5.69 Å². The van der Waals surface area contributed by atoms with Gasteiger partial charge in [0.2, 0.25) is 0 Å². The van der Waals surface area contributed by atoms with E-state index in [1.807, 2.05) is 72.8 Å². The van der Waals surface area contributed by atoms with Crippen LogP contribution in [0, 0.1) is 0 Å². The number of anilines is 1. The third-order valence-corrected chi connectivity index (χ3v) is 5.58. The van der Waals surface area contributed by atoms with Gasteiger partial charge in [-0.1, -0.05) is 78.3 Å². The van der Waals surface area contributed by atoms with Gasteiger partial charge in [0, 0.05) is 22.1 Å². The second-order valence-electron chi connectivity index (χ2n) is 5.66. The first-order valence-electron chi connectivity index (χ1n) is 7.99. The van der Waals surface area contributed by atoms with Gasteiger partial charge in [-0.2, -0.15) is 0 Å². The molecular weight excluding hydrogens is 350 g/mol. The molecule has 3 aromatic carbocycles. The van der Waals surface area contributed by atoms with Crippen LogP contribution in [-0.4, -0.2) is 5.78 Å². The number of para-hydroxylation sites is 1. The zero-order chi connectivity index (χ0) is 17.6. The summed E-state index contributed by atoms with van der Waals surface area (Å²) in [6, 6.07) is 25.0. The molecule has 1 atom stereocenters. The van der Waals surface area contributed by atoms with Gasteiger partial charge < -0.3 is 5.73 Å². The summed E-state index contributed by atoms with van der Waals surface area (Å²) in [5.41, 5.74) is 8.49. The van der Waals surface area contributed by atoms with E-state index in [0.717, 1.165) is 16.0 Å². The second-order valence-corrected chi connectivity index (χ2v) is 7.31. The van der Waals surface area contributed by atoms with E-state index < -0.39 is 0 Å². The van der Waals surface area contributed by atoms with Crippen LogP contribution in [0.2, 0.25) is 5.02 Å². The number of benzene rings is 3. The Bertz CT molecular complexity index is 852. The molecule has 0 aliphatic carbocycles. The van der Waals surface area contributed by atoms with Gasteiger partial charge in [-0.25, -0.2) is 0 Å². The van der Waals surface area contributed by atoms with E-state index in [9.17, 15) is 4.79 Å². The number of nitrogens with two attached hydrogens (primary N) is 1. The summed E-state index contributed by atoms with van der Waals surface area (Å²) in [5, 5.41) is 0.501. The number of hydrogen-bond donors (Lipinski definition) is 1. The van der Waals surface area contributed by atoms with E-state index in [-0.39, 0.29) is 11.0 Å². The molecule has 0 saturated heterocycles. The Kier molecular flexibility index (Phi) is 5.79. The maximum Gasteiger partial charge on any atom is 0.164 e. The van der Waals surface area contributed by atoms with Crippen molar-refractivity contribution >= 4 is 34.8 Å². The highest BCUT2D eigenvalue weighted by Crippen LogP contribution is 2.42. The van der Waals surface area contributed by atoms with E-state index >= 15 is 0 Å². The van der Waals surface area contributed by atoms with Crippen molar-refractivity contribution in [1.29, 1.82) is 0 Å². The number of halogens is 1. The molecule has 2 N–H and O–H groups in total. The quantitative estimate of drug-likeness (QED) is 0.328. The Morgan fingerprint density at radius 1 is 0.920 bits per heavy atom. The molecule has 3 aromatic rings. The predicted octanol–water partition coefficient (Wildman–Crippen LogP) is 6.03.